The van der Waals surface area contributed by atoms with Crippen molar-refractivity contribution in [3.8, 4) is 11.8 Å². The summed E-state index contributed by atoms with van der Waals surface area (Å²) in [6.07, 6.45) is 1.65. The molecular formula is C10H8N4. The van der Waals surface area contributed by atoms with Crippen LogP contribution in [0.1, 0.15) is 11.4 Å². The average molecular weight is 184 g/mol. The quantitative estimate of drug-likeness (QED) is 0.674. The molecule has 0 saturated heterocycles. The lowest BCUT2D eigenvalue weighted by atomic mass is 10.2. The summed E-state index contributed by atoms with van der Waals surface area (Å²) >= 11 is 0. The van der Waals surface area contributed by atoms with E-state index < -0.39 is 0 Å². The van der Waals surface area contributed by atoms with E-state index in [0.717, 1.165) is 11.5 Å². The number of nitrogens with zero attached hydrogens (tertiary/aromatic N) is 4. The third-order valence-electron chi connectivity index (χ3n) is 1.87. The molecule has 4 heteroatoms. The SMILES string of the molecule is Cc1ncn(-c2ccc(C#N)cc2)n1. The molecule has 0 bridgehead atoms. The molecule has 68 valence electrons. The first-order valence-electron chi connectivity index (χ1n) is 4.18. The van der Waals surface area contributed by atoms with Gasteiger partial charge >= 0.3 is 0 Å². The Labute approximate surface area is 81.4 Å². The molecule has 0 atom stereocenters. The highest BCUT2D eigenvalue weighted by Gasteiger charge is 1.98. The van der Waals surface area contributed by atoms with E-state index in [-0.39, 0.29) is 0 Å². The van der Waals surface area contributed by atoms with Crippen LogP contribution in [-0.4, -0.2) is 14.8 Å². The van der Waals surface area contributed by atoms with Crippen LogP contribution in [0.2, 0.25) is 0 Å². The second-order valence-electron chi connectivity index (χ2n) is 2.90. The first-order chi connectivity index (χ1) is 6.79. The molecule has 0 N–H and O–H groups in total. The van der Waals surface area contributed by atoms with Crippen LogP contribution in [0.4, 0.5) is 0 Å². The topological polar surface area (TPSA) is 54.5 Å². The van der Waals surface area contributed by atoms with Crippen LogP contribution < -0.4 is 0 Å². The maximum atomic E-state index is 8.62. The molecule has 1 aromatic carbocycles. The van der Waals surface area contributed by atoms with Gasteiger partial charge in [-0.05, 0) is 31.2 Å². The smallest absolute Gasteiger partial charge is 0.147 e. The normalized spacial score (nSPS) is 9.71. The Morgan fingerprint density at radius 1 is 1.29 bits per heavy atom. The van der Waals surface area contributed by atoms with Gasteiger partial charge in [0.2, 0.25) is 0 Å². The molecule has 2 rings (SSSR count). The standard InChI is InChI=1S/C10H8N4/c1-8-12-7-14(13-8)10-4-2-9(6-11)3-5-10/h2-5,7H,1H3. The molecule has 4 nitrogen and oxygen atoms in total. The Bertz CT molecular complexity index is 476. The van der Waals surface area contributed by atoms with Gasteiger partial charge in [-0.1, -0.05) is 0 Å². The molecule has 14 heavy (non-hydrogen) atoms. The highest BCUT2D eigenvalue weighted by atomic mass is 15.3. The van der Waals surface area contributed by atoms with Gasteiger partial charge in [0.15, 0.2) is 0 Å². The lowest BCUT2D eigenvalue weighted by molar-refractivity contribution is 0.862. The van der Waals surface area contributed by atoms with Crippen LogP contribution in [0, 0.1) is 18.3 Å². The molecule has 0 radical (unpaired) electrons. The molecule has 0 unspecified atom stereocenters. The molecule has 0 aliphatic carbocycles. The van der Waals surface area contributed by atoms with E-state index in [0.29, 0.717) is 5.56 Å². The fourth-order valence-corrected chi connectivity index (χ4v) is 1.16. The van der Waals surface area contributed by atoms with Gasteiger partial charge in [-0.3, -0.25) is 0 Å². The predicted octanol–water partition coefficient (Wildman–Crippen LogP) is 1.45. The zero-order chi connectivity index (χ0) is 9.97. The van der Waals surface area contributed by atoms with E-state index in [1.165, 1.54) is 0 Å². The van der Waals surface area contributed by atoms with Crippen LogP contribution in [0.3, 0.4) is 0 Å². The lowest BCUT2D eigenvalue weighted by Crippen LogP contribution is -1.94. The molecule has 0 fully saturated rings. The zero-order valence-corrected chi connectivity index (χ0v) is 7.68. The molecule has 0 saturated carbocycles. The first kappa shape index (κ1) is 8.45. The van der Waals surface area contributed by atoms with Gasteiger partial charge in [0, 0.05) is 0 Å². The monoisotopic (exact) mass is 184 g/mol. The van der Waals surface area contributed by atoms with Crippen molar-refractivity contribution >= 4 is 0 Å². The van der Waals surface area contributed by atoms with Crippen molar-refractivity contribution in [2.24, 2.45) is 0 Å². The zero-order valence-electron chi connectivity index (χ0n) is 7.68. The molecule has 0 aliphatic rings. The lowest BCUT2D eigenvalue weighted by Gasteiger charge is -1.98. The summed E-state index contributed by atoms with van der Waals surface area (Å²) in [5, 5.41) is 12.8. The Kier molecular flexibility index (Phi) is 1.99. The molecule has 2 aromatic rings. The molecule has 1 aromatic heterocycles. The van der Waals surface area contributed by atoms with Crippen LogP contribution in [0.15, 0.2) is 30.6 Å². The van der Waals surface area contributed by atoms with Crippen LogP contribution in [-0.2, 0) is 0 Å². The van der Waals surface area contributed by atoms with Crippen molar-refractivity contribution in [3.63, 3.8) is 0 Å². The van der Waals surface area contributed by atoms with Gasteiger partial charge in [0.25, 0.3) is 0 Å². The van der Waals surface area contributed by atoms with Crippen molar-refractivity contribution in [2.75, 3.05) is 0 Å². The van der Waals surface area contributed by atoms with E-state index in [4.69, 9.17) is 5.26 Å². The van der Waals surface area contributed by atoms with Crippen LogP contribution in [0.5, 0.6) is 0 Å². The highest BCUT2D eigenvalue weighted by molar-refractivity contribution is 5.38. The van der Waals surface area contributed by atoms with E-state index in [9.17, 15) is 0 Å². The van der Waals surface area contributed by atoms with E-state index in [2.05, 4.69) is 16.2 Å². The number of benzene rings is 1. The van der Waals surface area contributed by atoms with Gasteiger partial charge in [-0.25, -0.2) is 9.67 Å². The summed E-state index contributed by atoms with van der Waals surface area (Å²) in [7, 11) is 0. The minimum Gasteiger partial charge on any atom is -0.221 e. The Balaban J connectivity index is 2.39. The Hall–Kier alpha value is -2.15. The van der Waals surface area contributed by atoms with Crippen LogP contribution >= 0.6 is 0 Å². The Morgan fingerprint density at radius 3 is 2.50 bits per heavy atom. The second-order valence-corrected chi connectivity index (χ2v) is 2.90. The number of nitriles is 1. The van der Waals surface area contributed by atoms with Crippen molar-refractivity contribution < 1.29 is 0 Å². The maximum absolute atomic E-state index is 8.62. The van der Waals surface area contributed by atoms with Gasteiger partial charge in [0.05, 0.1) is 17.3 Å². The van der Waals surface area contributed by atoms with Crippen molar-refractivity contribution in [2.45, 2.75) is 6.92 Å². The molecule has 1 heterocycles. The predicted molar refractivity (Wildman–Crippen MR) is 50.8 cm³/mol. The van der Waals surface area contributed by atoms with Gasteiger partial charge < -0.3 is 0 Å². The van der Waals surface area contributed by atoms with E-state index >= 15 is 0 Å². The average Bonchev–Trinajstić information content (AvgIpc) is 2.65. The molecular weight excluding hydrogens is 176 g/mol. The van der Waals surface area contributed by atoms with Gasteiger partial charge in [-0.15, -0.1) is 0 Å². The summed E-state index contributed by atoms with van der Waals surface area (Å²) in [6, 6.07) is 9.26. The fourth-order valence-electron chi connectivity index (χ4n) is 1.16. The second kappa shape index (κ2) is 3.30. The largest absolute Gasteiger partial charge is 0.221 e. The first-order valence-corrected chi connectivity index (χ1v) is 4.18. The minimum atomic E-state index is 0.644. The van der Waals surface area contributed by atoms with E-state index in [1.807, 2.05) is 19.1 Å². The van der Waals surface area contributed by atoms with Gasteiger partial charge in [-0.2, -0.15) is 10.4 Å². The summed E-state index contributed by atoms with van der Waals surface area (Å²) in [5.74, 6) is 0.731. The van der Waals surface area contributed by atoms with Gasteiger partial charge in [0.1, 0.15) is 12.2 Å². The highest BCUT2D eigenvalue weighted by Crippen LogP contribution is 2.07. The maximum Gasteiger partial charge on any atom is 0.147 e. The molecule has 0 aliphatic heterocycles. The summed E-state index contributed by atoms with van der Waals surface area (Å²) in [4.78, 5) is 4.02. The number of aryl methyl sites for hydroxylation is 1. The third-order valence-corrected chi connectivity index (χ3v) is 1.87. The van der Waals surface area contributed by atoms with E-state index in [1.54, 1.807) is 23.1 Å². The minimum absolute atomic E-state index is 0.644. The number of hydrogen-bond acceptors (Lipinski definition) is 3. The number of hydrogen-bond donors (Lipinski definition) is 0. The number of aromatic nitrogens is 3. The Morgan fingerprint density at radius 2 is 2.00 bits per heavy atom. The summed E-state index contributed by atoms with van der Waals surface area (Å²) < 4.78 is 1.68. The molecule has 0 amide bonds. The van der Waals surface area contributed by atoms with Crippen LogP contribution in [0.25, 0.3) is 5.69 Å². The van der Waals surface area contributed by atoms with Crippen molar-refractivity contribution in [3.05, 3.63) is 42.0 Å². The summed E-state index contributed by atoms with van der Waals surface area (Å²) in [6.45, 7) is 1.83. The fraction of sp³-hybridized carbons (Fsp3) is 0.100. The van der Waals surface area contributed by atoms with Crippen molar-refractivity contribution in [1.29, 1.82) is 5.26 Å². The number of rotatable bonds is 1. The third kappa shape index (κ3) is 1.48. The summed E-state index contributed by atoms with van der Waals surface area (Å²) in [5.41, 5.74) is 1.55. The molecule has 0 spiro atoms. The van der Waals surface area contributed by atoms with Crippen molar-refractivity contribution in [1.82, 2.24) is 14.8 Å².